The van der Waals surface area contributed by atoms with E-state index in [2.05, 4.69) is 26.8 Å². The van der Waals surface area contributed by atoms with Gasteiger partial charge in [-0.05, 0) is 116 Å². The molecular formula is C40H45NO6. The van der Waals surface area contributed by atoms with E-state index >= 15 is 0 Å². The molecule has 5 rings (SSSR count). The summed E-state index contributed by atoms with van der Waals surface area (Å²) in [5, 5.41) is 0.708. The predicted molar refractivity (Wildman–Crippen MR) is 187 cm³/mol. The molecule has 0 radical (unpaired) electrons. The van der Waals surface area contributed by atoms with Gasteiger partial charge in [-0.15, -0.1) is 0 Å². The number of Topliss-reactive ketones (excluding diaryl/α,β-unsaturated/α-hetero) is 1. The molecule has 0 N–H and O–H groups in total. The SMILES string of the molecule is COc1cc(/C=C2\CC(C(C)(C)C)Cc3c2nc2ccccc2c3C(=O)OC(C)C(=O)c2cc(C)c(C)cc2C)cc(OC)c1OC. The van der Waals surface area contributed by atoms with Crippen molar-refractivity contribution in [1.29, 1.82) is 0 Å². The zero-order valence-electron chi connectivity index (χ0n) is 29.2. The number of carbonyl (C=O) groups excluding carboxylic acids is 2. The minimum atomic E-state index is -0.970. The van der Waals surface area contributed by atoms with E-state index in [-0.39, 0.29) is 17.1 Å². The molecule has 47 heavy (non-hydrogen) atoms. The normalized spacial score (nSPS) is 16.0. The van der Waals surface area contributed by atoms with Gasteiger partial charge >= 0.3 is 5.97 Å². The largest absolute Gasteiger partial charge is 0.493 e. The van der Waals surface area contributed by atoms with Gasteiger partial charge in [0.2, 0.25) is 11.5 Å². The molecule has 7 heteroatoms. The first kappa shape index (κ1) is 33.7. The summed E-state index contributed by atoms with van der Waals surface area (Å²) in [5.41, 5.74) is 8.10. The molecule has 0 aliphatic heterocycles. The molecule has 0 amide bonds. The first-order valence-electron chi connectivity index (χ1n) is 16.0. The number of rotatable bonds is 8. The van der Waals surface area contributed by atoms with Crippen LogP contribution >= 0.6 is 0 Å². The molecule has 7 nitrogen and oxygen atoms in total. The van der Waals surface area contributed by atoms with Crippen molar-refractivity contribution in [2.75, 3.05) is 21.3 Å². The zero-order valence-corrected chi connectivity index (χ0v) is 29.2. The van der Waals surface area contributed by atoms with Gasteiger partial charge in [0.05, 0.1) is 38.1 Å². The lowest BCUT2D eigenvalue weighted by Gasteiger charge is -2.37. The Morgan fingerprint density at radius 1 is 0.872 bits per heavy atom. The smallest absolute Gasteiger partial charge is 0.339 e. The number of ketones is 1. The van der Waals surface area contributed by atoms with E-state index in [1.165, 1.54) is 0 Å². The van der Waals surface area contributed by atoms with E-state index in [9.17, 15) is 9.59 Å². The predicted octanol–water partition coefficient (Wildman–Crippen LogP) is 8.76. The van der Waals surface area contributed by atoms with E-state index in [0.717, 1.165) is 45.5 Å². The Labute approximate surface area is 277 Å². The van der Waals surface area contributed by atoms with Crippen LogP contribution in [0.2, 0.25) is 0 Å². The van der Waals surface area contributed by atoms with Crippen molar-refractivity contribution >= 4 is 34.3 Å². The van der Waals surface area contributed by atoms with E-state index in [0.29, 0.717) is 45.7 Å². The van der Waals surface area contributed by atoms with Crippen LogP contribution in [0, 0.1) is 32.1 Å². The maximum atomic E-state index is 14.3. The van der Waals surface area contributed by atoms with Crippen molar-refractivity contribution in [3.63, 3.8) is 0 Å². The number of hydrogen-bond acceptors (Lipinski definition) is 7. The molecule has 3 aromatic carbocycles. The summed E-state index contributed by atoms with van der Waals surface area (Å²) >= 11 is 0. The second-order valence-corrected chi connectivity index (χ2v) is 13.6. The van der Waals surface area contributed by atoms with Crippen molar-refractivity contribution in [3.8, 4) is 17.2 Å². The van der Waals surface area contributed by atoms with Crippen LogP contribution in [0.4, 0.5) is 0 Å². The van der Waals surface area contributed by atoms with Gasteiger partial charge in [0, 0.05) is 10.9 Å². The number of methoxy groups -OCH3 is 3. The summed E-state index contributed by atoms with van der Waals surface area (Å²) in [5.74, 6) is 1.08. The summed E-state index contributed by atoms with van der Waals surface area (Å²) in [4.78, 5) is 33.0. The summed E-state index contributed by atoms with van der Waals surface area (Å²) in [6.45, 7) is 14.2. The molecule has 4 aromatic rings. The fourth-order valence-electron chi connectivity index (χ4n) is 6.47. The highest BCUT2D eigenvalue weighted by atomic mass is 16.5. The number of pyridine rings is 1. The number of aryl methyl sites for hydroxylation is 3. The minimum absolute atomic E-state index is 0.0665. The van der Waals surface area contributed by atoms with Gasteiger partial charge in [-0.1, -0.05) is 45.0 Å². The second-order valence-electron chi connectivity index (χ2n) is 13.6. The number of allylic oxidation sites excluding steroid dienone is 1. The Kier molecular flexibility index (Phi) is 9.48. The van der Waals surface area contributed by atoms with Gasteiger partial charge in [-0.2, -0.15) is 0 Å². The van der Waals surface area contributed by atoms with Crippen LogP contribution in [0.15, 0.2) is 48.5 Å². The topological polar surface area (TPSA) is 84.0 Å². The molecule has 1 aliphatic rings. The quantitative estimate of drug-likeness (QED) is 0.141. The number of ether oxygens (including phenoxy) is 4. The van der Waals surface area contributed by atoms with Crippen molar-refractivity contribution in [1.82, 2.24) is 4.98 Å². The third kappa shape index (κ3) is 6.62. The van der Waals surface area contributed by atoms with Crippen LogP contribution in [0.1, 0.15) is 88.3 Å². The molecule has 2 atom stereocenters. The lowest BCUT2D eigenvalue weighted by molar-refractivity contribution is 0.0318. The zero-order chi connectivity index (χ0) is 34.2. The third-order valence-corrected chi connectivity index (χ3v) is 9.43. The van der Waals surface area contributed by atoms with Gasteiger partial charge in [-0.25, -0.2) is 9.78 Å². The summed E-state index contributed by atoms with van der Waals surface area (Å²) < 4.78 is 22.8. The Balaban J connectivity index is 1.65. The van der Waals surface area contributed by atoms with Crippen LogP contribution in [0.25, 0.3) is 22.6 Å². The highest BCUT2D eigenvalue weighted by Crippen LogP contribution is 2.46. The minimum Gasteiger partial charge on any atom is -0.493 e. The molecule has 1 aliphatic carbocycles. The van der Waals surface area contributed by atoms with E-state index in [1.54, 1.807) is 28.3 Å². The van der Waals surface area contributed by atoms with E-state index in [4.69, 9.17) is 23.9 Å². The van der Waals surface area contributed by atoms with Gasteiger partial charge in [-0.3, -0.25) is 4.79 Å². The lowest BCUT2D eigenvalue weighted by Crippen LogP contribution is -2.30. The lowest BCUT2D eigenvalue weighted by atomic mass is 9.69. The Hall–Kier alpha value is -4.65. The summed E-state index contributed by atoms with van der Waals surface area (Å²) in [6, 6.07) is 15.3. The van der Waals surface area contributed by atoms with E-state index in [1.807, 2.05) is 69.3 Å². The van der Waals surface area contributed by atoms with E-state index < -0.39 is 12.1 Å². The van der Waals surface area contributed by atoms with Crippen LogP contribution in [-0.2, 0) is 11.2 Å². The van der Waals surface area contributed by atoms with Crippen molar-refractivity contribution < 1.29 is 28.5 Å². The molecular weight excluding hydrogens is 590 g/mol. The summed E-state index contributed by atoms with van der Waals surface area (Å²) in [6.07, 6.45) is 2.52. The first-order valence-corrected chi connectivity index (χ1v) is 16.0. The number of hydrogen-bond donors (Lipinski definition) is 0. The average molecular weight is 636 g/mol. The molecule has 0 saturated heterocycles. The van der Waals surface area contributed by atoms with Crippen LogP contribution in [0.5, 0.6) is 17.2 Å². The number of nitrogens with zero attached hydrogens (tertiary/aromatic N) is 1. The number of benzene rings is 3. The standard InChI is InChI=1S/C40H45NO6/c1-22-15-24(3)30(16-23(22)2)37(42)25(4)47-39(43)35-29-13-11-12-14-32(29)41-36-27(20-28(21-31(35)36)40(5,6)7)17-26-18-33(44-8)38(46-10)34(19-26)45-9/h11-19,25,28H,20-21H2,1-10H3/b27-17+. The second kappa shape index (κ2) is 13.2. The Morgan fingerprint density at radius 3 is 2.13 bits per heavy atom. The average Bonchev–Trinajstić information content (AvgIpc) is 3.03. The van der Waals surface area contributed by atoms with Gasteiger partial charge in [0.15, 0.2) is 17.6 Å². The Bertz CT molecular complexity index is 1870. The number of aromatic nitrogens is 1. The number of esters is 1. The fraction of sp³-hybridized carbons (Fsp3) is 0.375. The monoisotopic (exact) mass is 635 g/mol. The van der Waals surface area contributed by atoms with Gasteiger partial charge in [0.25, 0.3) is 0 Å². The highest BCUT2D eigenvalue weighted by molar-refractivity contribution is 6.08. The summed E-state index contributed by atoms with van der Waals surface area (Å²) in [7, 11) is 4.77. The molecule has 246 valence electrons. The van der Waals surface area contributed by atoms with Gasteiger partial charge in [0.1, 0.15) is 0 Å². The van der Waals surface area contributed by atoms with Crippen molar-refractivity contribution in [3.05, 3.63) is 93.2 Å². The maximum absolute atomic E-state index is 14.3. The Morgan fingerprint density at radius 2 is 1.51 bits per heavy atom. The number of para-hydroxylation sites is 1. The molecule has 0 bridgehead atoms. The highest BCUT2D eigenvalue weighted by Gasteiger charge is 2.36. The van der Waals surface area contributed by atoms with Crippen LogP contribution in [-0.4, -0.2) is 44.2 Å². The van der Waals surface area contributed by atoms with Crippen LogP contribution in [0.3, 0.4) is 0 Å². The third-order valence-electron chi connectivity index (χ3n) is 9.43. The molecule has 2 unspecified atom stereocenters. The van der Waals surface area contributed by atoms with Crippen molar-refractivity contribution in [2.24, 2.45) is 11.3 Å². The van der Waals surface area contributed by atoms with Crippen molar-refractivity contribution in [2.45, 2.75) is 67.4 Å². The van der Waals surface area contributed by atoms with Gasteiger partial charge < -0.3 is 18.9 Å². The molecule has 1 heterocycles. The molecule has 0 spiro atoms. The maximum Gasteiger partial charge on any atom is 0.339 e. The molecule has 1 aromatic heterocycles. The fourth-order valence-corrected chi connectivity index (χ4v) is 6.47. The molecule has 0 fully saturated rings. The van der Waals surface area contributed by atoms with Crippen LogP contribution < -0.4 is 14.2 Å². The number of fused-ring (bicyclic) bond motifs is 2. The first-order chi connectivity index (χ1) is 22.3. The number of carbonyl (C=O) groups is 2. The molecule has 0 saturated carbocycles.